The van der Waals surface area contributed by atoms with E-state index < -0.39 is 5.91 Å². The number of amides is 1. The van der Waals surface area contributed by atoms with Crippen LogP contribution in [-0.4, -0.2) is 38.4 Å². The van der Waals surface area contributed by atoms with Crippen LogP contribution in [0.1, 0.15) is 36.0 Å². The van der Waals surface area contributed by atoms with Crippen LogP contribution in [0.4, 0.5) is 5.69 Å². The summed E-state index contributed by atoms with van der Waals surface area (Å²) in [4.78, 5) is 12.3. The standard InChI is InChI=1S/C15H16N6O3/c1-9(2)13-7-14(24-18-13)15(22)17-10-4-11(6-12(5-10)23-3)21-8-16-19-20-21/h4-9H,1-3H3,(H,17,22). The van der Waals surface area contributed by atoms with Gasteiger partial charge in [-0.2, -0.15) is 0 Å². The Morgan fingerprint density at radius 1 is 1.29 bits per heavy atom. The van der Waals surface area contributed by atoms with E-state index in [1.807, 2.05) is 13.8 Å². The molecule has 0 saturated heterocycles. The van der Waals surface area contributed by atoms with Gasteiger partial charge in [-0.25, -0.2) is 4.68 Å². The number of nitrogens with zero attached hydrogens (tertiary/aromatic N) is 5. The zero-order valence-electron chi connectivity index (χ0n) is 13.4. The molecule has 0 spiro atoms. The average Bonchev–Trinajstić information content (AvgIpc) is 3.26. The average molecular weight is 328 g/mol. The van der Waals surface area contributed by atoms with Crippen molar-refractivity contribution >= 4 is 11.6 Å². The SMILES string of the molecule is COc1cc(NC(=O)c2cc(C(C)C)no2)cc(-n2cnnn2)c1. The van der Waals surface area contributed by atoms with Crippen molar-refractivity contribution in [2.75, 3.05) is 12.4 Å². The minimum atomic E-state index is -0.398. The van der Waals surface area contributed by atoms with Crippen molar-refractivity contribution in [1.29, 1.82) is 0 Å². The molecule has 0 fully saturated rings. The second-order valence-corrected chi connectivity index (χ2v) is 5.40. The van der Waals surface area contributed by atoms with Gasteiger partial charge in [0.25, 0.3) is 5.91 Å². The van der Waals surface area contributed by atoms with Crippen LogP contribution in [0.2, 0.25) is 0 Å². The maximum Gasteiger partial charge on any atom is 0.294 e. The molecule has 0 radical (unpaired) electrons. The molecule has 0 aliphatic carbocycles. The maximum absolute atomic E-state index is 12.3. The monoisotopic (exact) mass is 328 g/mol. The van der Waals surface area contributed by atoms with Crippen molar-refractivity contribution in [2.45, 2.75) is 19.8 Å². The van der Waals surface area contributed by atoms with E-state index in [2.05, 4.69) is 26.0 Å². The van der Waals surface area contributed by atoms with Gasteiger partial charge < -0.3 is 14.6 Å². The van der Waals surface area contributed by atoms with Crippen LogP contribution in [0.3, 0.4) is 0 Å². The molecule has 0 unspecified atom stereocenters. The van der Waals surface area contributed by atoms with Crippen LogP contribution in [0.5, 0.6) is 5.75 Å². The summed E-state index contributed by atoms with van der Waals surface area (Å²) in [5, 5.41) is 17.6. The van der Waals surface area contributed by atoms with E-state index in [-0.39, 0.29) is 11.7 Å². The molecule has 0 bridgehead atoms. The Morgan fingerprint density at radius 3 is 2.75 bits per heavy atom. The van der Waals surface area contributed by atoms with Crippen LogP contribution < -0.4 is 10.1 Å². The number of methoxy groups -OCH3 is 1. The first-order valence-corrected chi connectivity index (χ1v) is 7.27. The Labute approximate surface area is 137 Å². The van der Waals surface area contributed by atoms with E-state index in [0.29, 0.717) is 17.1 Å². The molecule has 3 rings (SSSR count). The lowest BCUT2D eigenvalue weighted by Crippen LogP contribution is -2.11. The van der Waals surface area contributed by atoms with Crippen molar-refractivity contribution in [1.82, 2.24) is 25.4 Å². The first-order chi connectivity index (χ1) is 11.6. The van der Waals surface area contributed by atoms with Gasteiger partial charge in [0.2, 0.25) is 5.76 Å². The number of tetrazole rings is 1. The largest absolute Gasteiger partial charge is 0.497 e. The molecule has 1 aromatic carbocycles. The fourth-order valence-electron chi connectivity index (χ4n) is 2.05. The highest BCUT2D eigenvalue weighted by atomic mass is 16.5. The van der Waals surface area contributed by atoms with E-state index in [9.17, 15) is 4.79 Å². The van der Waals surface area contributed by atoms with E-state index >= 15 is 0 Å². The number of ether oxygens (including phenoxy) is 1. The minimum absolute atomic E-state index is 0.144. The van der Waals surface area contributed by atoms with Gasteiger partial charge in [0, 0.05) is 23.9 Å². The minimum Gasteiger partial charge on any atom is -0.497 e. The predicted molar refractivity (Wildman–Crippen MR) is 84.3 cm³/mol. The zero-order valence-corrected chi connectivity index (χ0v) is 13.4. The second-order valence-electron chi connectivity index (χ2n) is 5.40. The molecule has 0 aliphatic rings. The Balaban J connectivity index is 1.85. The predicted octanol–water partition coefficient (Wildman–Crippen LogP) is 2.03. The van der Waals surface area contributed by atoms with E-state index in [1.165, 1.54) is 18.1 Å². The van der Waals surface area contributed by atoms with Gasteiger partial charge in [0.1, 0.15) is 12.1 Å². The highest BCUT2D eigenvalue weighted by Gasteiger charge is 2.16. The Hall–Kier alpha value is -3.23. The van der Waals surface area contributed by atoms with Gasteiger partial charge in [-0.1, -0.05) is 19.0 Å². The first kappa shape index (κ1) is 15.7. The number of hydrogen-bond acceptors (Lipinski definition) is 7. The third-order valence-electron chi connectivity index (χ3n) is 3.34. The Bertz CT molecular complexity index is 841. The summed E-state index contributed by atoms with van der Waals surface area (Å²) in [6.07, 6.45) is 1.45. The zero-order chi connectivity index (χ0) is 17.1. The lowest BCUT2D eigenvalue weighted by Gasteiger charge is -2.09. The molecule has 9 heteroatoms. The molecule has 0 saturated carbocycles. The molecule has 3 aromatic rings. The van der Waals surface area contributed by atoms with Crippen LogP contribution in [0.25, 0.3) is 5.69 Å². The topological polar surface area (TPSA) is 108 Å². The number of carbonyl (C=O) groups excluding carboxylic acids is 1. The quantitative estimate of drug-likeness (QED) is 0.763. The van der Waals surface area contributed by atoms with Gasteiger partial charge in [-0.3, -0.25) is 4.79 Å². The summed E-state index contributed by atoms with van der Waals surface area (Å²) in [5.41, 5.74) is 1.89. The van der Waals surface area contributed by atoms with Crippen LogP contribution in [0.15, 0.2) is 35.1 Å². The van der Waals surface area contributed by atoms with Crippen LogP contribution >= 0.6 is 0 Å². The molecule has 1 amide bonds. The van der Waals surface area contributed by atoms with Crippen molar-refractivity contribution in [3.05, 3.63) is 42.0 Å². The van der Waals surface area contributed by atoms with Gasteiger partial charge in [-0.05, 0) is 22.4 Å². The van der Waals surface area contributed by atoms with E-state index in [4.69, 9.17) is 9.26 Å². The molecule has 0 atom stereocenters. The number of hydrogen-bond donors (Lipinski definition) is 1. The summed E-state index contributed by atoms with van der Waals surface area (Å²) in [7, 11) is 1.54. The van der Waals surface area contributed by atoms with E-state index in [1.54, 1.807) is 24.3 Å². The highest BCUT2D eigenvalue weighted by molar-refractivity contribution is 6.02. The Morgan fingerprint density at radius 2 is 2.12 bits per heavy atom. The first-order valence-electron chi connectivity index (χ1n) is 7.27. The molecule has 24 heavy (non-hydrogen) atoms. The molecule has 2 heterocycles. The third-order valence-corrected chi connectivity index (χ3v) is 3.34. The highest BCUT2D eigenvalue weighted by Crippen LogP contribution is 2.23. The molecule has 2 aromatic heterocycles. The molecule has 0 aliphatic heterocycles. The third kappa shape index (κ3) is 3.24. The molecular weight excluding hydrogens is 312 g/mol. The number of nitrogens with one attached hydrogen (secondary N) is 1. The summed E-state index contributed by atoms with van der Waals surface area (Å²) in [5.74, 6) is 0.480. The van der Waals surface area contributed by atoms with E-state index in [0.717, 1.165) is 5.69 Å². The fraction of sp³-hybridized carbons (Fsp3) is 0.267. The lowest BCUT2D eigenvalue weighted by molar-refractivity contribution is 0.0988. The van der Waals surface area contributed by atoms with Crippen molar-refractivity contribution in [3.63, 3.8) is 0 Å². The summed E-state index contributed by atoms with van der Waals surface area (Å²) in [6.45, 7) is 3.94. The van der Waals surface area contributed by atoms with Gasteiger partial charge >= 0.3 is 0 Å². The second kappa shape index (κ2) is 6.49. The van der Waals surface area contributed by atoms with Crippen molar-refractivity contribution < 1.29 is 14.1 Å². The number of aromatic nitrogens is 5. The van der Waals surface area contributed by atoms with Crippen LogP contribution in [0, 0.1) is 0 Å². The Kier molecular flexibility index (Phi) is 4.23. The van der Waals surface area contributed by atoms with Crippen molar-refractivity contribution in [2.24, 2.45) is 0 Å². The normalized spacial score (nSPS) is 10.8. The van der Waals surface area contributed by atoms with Gasteiger partial charge in [0.15, 0.2) is 0 Å². The smallest absolute Gasteiger partial charge is 0.294 e. The maximum atomic E-state index is 12.3. The number of rotatable bonds is 5. The van der Waals surface area contributed by atoms with Crippen LogP contribution in [-0.2, 0) is 0 Å². The van der Waals surface area contributed by atoms with Gasteiger partial charge in [-0.15, -0.1) is 5.10 Å². The lowest BCUT2D eigenvalue weighted by atomic mass is 10.1. The summed E-state index contributed by atoms with van der Waals surface area (Å²) >= 11 is 0. The molecule has 1 N–H and O–H groups in total. The molecule has 9 nitrogen and oxygen atoms in total. The summed E-state index contributed by atoms with van der Waals surface area (Å²) < 4.78 is 11.8. The molecule has 124 valence electrons. The fourth-order valence-corrected chi connectivity index (χ4v) is 2.05. The number of carbonyl (C=O) groups is 1. The summed E-state index contributed by atoms with van der Waals surface area (Å²) in [6, 6.07) is 6.78. The van der Waals surface area contributed by atoms with Crippen molar-refractivity contribution in [3.8, 4) is 11.4 Å². The van der Waals surface area contributed by atoms with Gasteiger partial charge in [0.05, 0.1) is 18.5 Å². The number of benzene rings is 1. The number of anilines is 1. The molecular formula is C15H16N6O3.